The molecule has 0 aromatic carbocycles. The van der Waals surface area contributed by atoms with E-state index in [2.05, 4.69) is 4.90 Å². The number of carbonyl (C=O) groups is 1. The molecule has 4 fully saturated rings. The number of ether oxygens (including phenoxy) is 1. The van der Waals surface area contributed by atoms with E-state index in [4.69, 9.17) is 4.74 Å². The third-order valence-electron chi connectivity index (χ3n) is 7.26. The number of rotatable bonds is 3. The van der Waals surface area contributed by atoms with Crippen molar-refractivity contribution in [2.45, 2.75) is 69.9 Å². The van der Waals surface area contributed by atoms with Crippen LogP contribution in [0.2, 0.25) is 0 Å². The van der Waals surface area contributed by atoms with Crippen LogP contribution in [0, 0.1) is 5.41 Å². The van der Waals surface area contributed by atoms with Crippen molar-refractivity contribution >= 4 is 6.09 Å². The summed E-state index contributed by atoms with van der Waals surface area (Å²) in [5, 5.41) is 0. The van der Waals surface area contributed by atoms with E-state index in [0.29, 0.717) is 30.5 Å². The maximum absolute atomic E-state index is 13.7. The summed E-state index contributed by atoms with van der Waals surface area (Å²) in [5.41, 5.74) is 0.295. The molecule has 4 rings (SSSR count). The van der Waals surface area contributed by atoms with Gasteiger partial charge in [0.25, 0.3) is 5.92 Å². The van der Waals surface area contributed by atoms with E-state index in [1.165, 1.54) is 0 Å². The SMILES string of the molecule is CCOC(=O)N1CCC2(CC(N3CCC(N4CCCC(F)(F)C4)CC3)C2)C1. The number of alkyl halides is 2. The van der Waals surface area contributed by atoms with Gasteiger partial charge in [-0.05, 0) is 70.5 Å². The van der Waals surface area contributed by atoms with E-state index >= 15 is 0 Å². The minimum atomic E-state index is -2.50. The Labute approximate surface area is 161 Å². The average Bonchev–Trinajstić information content (AvgIpc) is 3.06. The van der Waals surface area contributed by atoms with E-state index in [1.807, 2.05) is 16.7 Å². The van der Waals surface area contributed by atoms with Gasteiger partial charge in [0.15, 0.2) is 0 Å². The van der Waals surface area contributed by atoms with Gasteiger partial charge in [-0.1, -0.05) is 0 Å². The predicted octanol–water partition coefficient (Wildman–Crippen LogP) is 3.19. The van der Waals surface area contributed by atoms with Gasteiger partial charge in [0.1, 0.15) is 0 Å². The zero-order chi connectivity index (χ0) is 19.1. The van der Waals surface area contributed by atoms with Crippen molar-refractivity contribution in [1.82, 2.24) is 14.7 Å². The lowest BCUT2D eigenvalue weighted by Gasteiger charge is -2.52. The van der Waals surface area contributed by atoms with Gasteiger partial charge < -0.3 is 14.5 Å². The van der Waals surface area contributed by atoms with E-state index in [9.17, 15) is 13.6 Å². The molecule has 0 aromatic heterocycles. The minimum Gasteiger partial charge on any atom is -0.450 e. The molecule has 0 atom stereocenters. The Hall–Kier alpha value is -0.950. The van der Waals surface area contributed by atoms with Crippen molar-refractivity contribution in [2.75, 3.05) is 45.9 Å². The standard InChI is InChI=1S/C20H33F2N3O2/c1-2-27-18(26)25-11-7-19(14-25)12-17(13-19)23-9-4-16(5-10-23)24-8-3-6-20(21,22)15-24/h16-17H,2-15H2,1H3. The molecule has 27 heavy (non-hydrogen) atoms. The molecule has 1 aliphatic carbocycles. The Balaban J connectivity index is 1.21. The van der Waals surface area contributed by atoms with Crippen molar-refractivity contribution in [3.8, 4) is 0 Å². The Morgan fingerprint density at radius 1 is 1.00 bits per heavy atom. The van der Waals surface area contributed by atoms with Crippen molar-refractivity contribution < 1.29 is 18.3 Å². The third-order valence-corrected chi connectivity index (χ3v) is 7.26. The second-order valence-electron chi connectivity index (χ2n) is 9.13. The maximum atomic E-state index is 13.7. The first-order valence-corrected chi connectivity index (χ1v) is 10.7. The number of amides is 1. The highest BCUT2D eigenvalue weighted by atomic mass is 19.3. The van der Waals surface area contributed by atoms with Crippen LogP contribution >= 0.6 is 0 Å². The first-order valence-electron chi connectivity index (χ1n) is 10.7. The highest BCUT2D eigenvalue weighted by Crippen LogP contribution is 2.50. The van der Waals surface area contributed by atoms with Crippen molar-refractivity contribution in [1.29, 1.82) is 0 Å². The smallest absolute Gasteiger partial charge is 0.409 e. The van der Waals surface area contributed by atoms with Gasteiger partial charge in [-0.25, -0.2) is 13.6 Å². The number of halogens is 2. The fourth-order valence-corrected chi connectivity index (χ4v) is 5.76. The quantitative estimate of drug-likeness (QED) is 0.748. The van der Waals surface area contributed by atoms with Gasteiger partial charge in [-0.15, -0.1) is 0 Å². The summed E-state index contributed by atoms with van der Waals surface area (Å²) in [6.45, 7) is 6.76. The van der Waals surface area contributed by atoms with Gasteiger partial charge in [0, 0.05) is 31.6 Å². The average molecular weight is 385 g/mol. The van der Waals surface area contributed by atoms with E-state index in [0.717, 1.165) is 64.8 Å². The number of carbonyl (C=O) groups excluding carboxylic acids is 1. The van der Waals surface area contributed by atoms with E-state index in [1.54, 1.807) is 0 Å². The Morgan fingerprint density at radius 2 is 1.74 bits per heavy atom. The highest BCUT2D eigenvalue weighted by Gasteiger charge is 2.51. The zero-order valence-electron chi connectivity index (χ0n) is 16.5. The first-order chi connectivity index (χ1) is 12.9. The molecule has 0 N–H and O–H groups in total. The van der Waals surface area contributed by atoms with Crippen LogP contribution in [0.1, 0.15) is 51.9 Å². The molecule has 1 spiro atoms. The predicted molar refractivity (Wildman–Crippen MR) is 99.0 cm³/mol. The number of hydrogen-bond donors (Lipinski definition) is 0. The second kappa shape index (κ2) is 7.47. The number of piperidine rings is 2. The molecule has 7 heteroatoms. The minimum absolute atomic E-state index is 0.0477. The maximum Gasteiger partial charge on any atom is 0.409 e. The zero-order valence-corrected chi connectivity index (χ0v) is 16.5. The van der Waals surface area contributed by atoms with Crippen molar-refractivity contribution in [3.05, 3.63) is 0 Å². The van der Waals surface area contributed by atoms with Crippen LogP contribution in [0.25, 0.3) is 0 Å². The molecule has 1 saturated carbocycles. The Bertz CT molecular complexity index is 545. The van der Waals surface area contributed by atoms with Crippen LogP contribution in [0.4, 0.5) is 13.6 Å². The Morgan fingerprint density at radius 3 is 2.41 bits per heavy atom. The van der Waals surface area contributed by atoms with Crippen LogP contribution in [0.15, 0.2) is 0 Å². The van der Waals surface area contributed by atoms with Crippen LogP contribution in [0.3, 0.4) is 0 Å². The number of hydrogen-bond acceptors (Lipinski definition) is 4. The summed E-state index contributed by atoms with van der Waals surface area (Å²) in [7, 11) is 0. The monoisotopic (exact) mass is 385 g/mol. The topological polar surface area (TPSA) is 36.0 Å². The summed E-state index contributed by atoms with van der Waals surface area (Å²) in [6.07, 6.45) is 5.93. The summed E-state index contributed by atoms with van der Waals surface area (Å²) in [6, 6.07) is 0.933. The molecule has 1 amide bonds. The molecule has 154 valence electrons. The lowest BCUT2D eigenvalue weighted by atomic mass is 9.64. The molecule has 0 bridgehead atoms. The van der Waals surface area contributed by atoms with Crippen LogP contribution in [-0.4, -0.2) is 84.7 Å². The molecule has 3 saturated heterocycles. The van der Waals surface area contributed by atoms with Crippen LogP contribution in [-0.2, 0) is 4.74 Å². The van der Waals surface area contributed by atoms with E-state index < -0.39 is 5.92 Å². The molecule has 3 heterocycles. The lowest BCUT2D eigenvalue weighted by Crippen LogP contribution is -2.57. The summed E-state index contributed by atoms with van der Waals surface area (Å²) in [5.74, 6) is -2.50. The second-order valence-corrected chi connectivity index (χ2v) is 9.13. The fourth-order valence-electron chi connectivity index (χ4n) is 5.76. The van der Waals surface area contributed by atoms with Crippen molar-refractivity contribution in [3.63, 3.8) is 0 Å². The van der Waals surface area contributed by atoms with Gasteiger partial charge in [-0.3, -0.25) is 4.90 Å². The normalized spacial score (nSPS) is 35.4. The van der Waals surface area contributed by atoms with Gasteiger partial charge in [-0.2, -0.15) is 0 Å². The number of likely N-dealkylation sites (tertiary alicyclic amines) is 3. The van der Waals surface area contributed by atoms with E-state index in [-0.39, 0.29) is 19.1 Å². The summed E-state index contributed by atoms with van der Waals surface area (Å²) < 4.78 is 32.5. The van der Waals surface area contributed by atoms with Crippen LogP contribution < -0.4 is 0 Å². The molecular weight excluding hydrogens is 352 g/mol. The molecule has 0 aromatic rings. The molecular formula is C20H33F2N3O2. The molecule has 0 radical (unpaired) electrons. The number of nitrogens with zero attached hydrogens (tertiary/aromatic N) is 3. The highest BCUT2D eigenvalue weighted by molar-refractivity contribution is 5.68. The first kappa shape index (κ1) is 19.4. The molecule has 3 aliphatic heterocycles. The van der Waals surface area contributed by atoms with Gasteiger partial charge in [0.05, 0.1) is 13.2 Å². The third kappa shape index (κ3) is 4.09. The Kier molecular flexibility index (Phi) is 5.36. The largest absolute Gasteiger partial charge is 0.450 e. The fraction of sp³-hybridized carbons (Fsp3) is 0.950. The van der Waals surface area contributed by atoms with Crippen molar-refractivity contribution in [2.24, 2.45) is 5.41 Å². The summed E-state index contributed by atoms with van der Waals surface area (Å²) >= 11 is 0. The van der Waals surface area contributed by atoms with Gasteiger partial charge >= 0.3 is 6.09 Å². The van der Waals surface area contributed by atoms with Gasteiger partial charge in [0.2, 0.25) is 0 Å². The molecule has 4 aliphatic rings. The summed E-state index contributed by atoms with van der Waals surface area (Å²) in [4.78, 5) is 18.4. The lowest BCUT2D eigenvalue weighted by molar-refractivity contribution is -0.0856. The molecule has 0 unspecified atom stereocenters. The molecule has 5 nitrogen and oxygen atoms in total. The van der Waals surface area contributed by atoms with Crippen LogP contribution in [0.5, 0.6) is 0 Å².